The quantitative estimate of drug-likeness (QED) is 0.755. The number of halogens is 3. The van der Waals surface area contributed by atoms with E-state index in [4.69, 9.17) is 5.11 Å². The van der Waals surface area contributed by atoms with E-state index in [0.717, 1.165) is 6.07 Å². The number of rotatable bonds is 1. The maximum absolute atomic E-state index is 12.9. The van der Waals surface area contributed by atoms with Gasteiger partial charge in [0.05, 0.1) is 5.69 Å². The maximum Gasteiger partial charge on any atom is 0.409 e. The minimum atomic E-state index is -1.45. The first-order valence-electron chi connectivity index (χ1n) is 3.16. The second-order valence-electron chi connectivity index (χ2n) is 2.15. The van der Waals surface area contributed by atoms with Crippen LogP contribution < -0.4 is 5.32 Å². The Kier molecular flexibility index (Phi) is 2.82. The second-order valence-corrected chi connectivity index (χ2v) is 3.00. The molecule has 3 nitrogen and oxygen atoms in total. The van der Waals surface area contributed by atoms with Gasteiger partial charge in [-0.25, -0.2) is 13.6 Å². The second kappa shape index (κ2) is 3.69. The van der Waals surface area contributed by atoms with E-state index >= 15 is 0 Å². The highest BCUT2D eigenvalue weighted by molar-refractivity contribution is 9.10. The van der Waals surface area contributed by atoms with Gasteiger partial charge in [-0.1, -0.05) is 0 Å². The van der Waals surface area contributed by atoms with Crippen molar-refractivity contribution in [2.75, 3.05) is 5.32 Å². The monoisotopic (exact) mass is 251 g/mol. The average molecular weight is 252 g/mol. The summed E-state index contributed by atoms with van der Waals surface area (Å²) in [6, 6.07) is 2.11. The summed E-state index contributed by atoms with van der Waals surface area (Å²) in [4.78, 5) is 10.2. The molecule has 0 fully saturated rings. The maximum atomic E-state index is 12.9. The normalized spacial score (nSPS) is 9.77. The van der Waals surface area contributed by atoms with Crippen LogP contribution in [-0.4, -0.2) is 11.2 Å². The molecule has 6 heteroatoms. The molecule has 1 rings (SSSR count). The Balaban J connectivity index is 3.17. The molecule has 0 unspecified atom stereocenters. The Bertz CT molecular complexity index is 357. The van der Waals surface area contributed by atoms with E-state index in [2.05, 4.69) is 15.9 Å². The zero-order valence-corrected chi connectivity index (χ0v) is 7.73. The van der Waals surface area contributed by atoms with Gasteiger partial charge in [-0.3, -0.25) is 5.32 Å². The zero-order valence-electron chi connectivity index (χ0n) is 6.14. The first-order valence-corrected chi connectivity index (χ1v) is 3.95. The molecule has 0 aliphatic heterocycles. The third-order valence-corrected chi connectivity index (χ3v) is 1.94. The van der Waals surface area contributed by atoms with Crippen LogP contribution in [0.2, 0.25) is 0 Å². The van der Waals surface area contributed by atoms with Crippen molar-refractivity contribution >= 4 is 27.7 Å². The zero-order chi connectivity index (χ0) is 10.0. The van der Waals surface area contributed by atoms with Crippen LogP contribution in [0.5, 0.6) is 0 Å². The van der Waals surface area contributed by atoms with Crippen LogP contribution in [0.25, 0.3) is 0 Å². The lowest BCUT2D eigenvalue weighted by atomic mass is 10.3. The van der Waals surface area contributed by atoms with Gasteiger partial charge < -0.3 is 5.11 Å². The Morgan fingerprint density at radius 2 is 2.08 bits per heavy atom. The summed E-state index contributed by atoms with van der Waals surface area (Å²) in [5, 5.41) is 10.0. The van der Waals surface area contributed by atoms with Crippen molar-refractivity contribution in [2.45, 2.75) is 0 Å². The van der Waals surface area contributed by atoms with Crippen molar-refractivity contribution in [1.82, 2.24) is 0 Å². The van der Waals surface area contributed by atoms with Crippen LogP contribution in [0.3, 0.4) is 0 Å². The summed E-state index contributed by atoms with van der Waals surface area (Å²) in [5.41, 5.74) is -0.424. The molecule has 1 aromatic rings. The molecule has 0 bridgehead atoms. The van der Waals surface area contributed by atoms with Crippen molar-refractivity contribution < 1.29 is 18.7 Å². The molecule has 0 spiro atoms. The molecule has 0 aromatic heterocycles. The topological polar surface area (TPSA) is 49.3 Å². The molecule has 1 aromatic carbocycles. The average Bonchev–Trinajstić information content (AvgIpc) is 2.05. The number of carboxylic acid groups (broad SMARTS) is 1. The molecule has 0 radical (unpaired) electrons. The molecule has 1 amide bonds. The Labute approximate surface area is 80.5 Å². The van der Waals surface area contributed by atoms with Crippen LogP contribution in [0.15, 0.2) is 16.6 Å². The summed E-state index contributed by atoms with van der Waals surface area (Å²) in [6.07, 6.45) is -1.45. The molecule has 0 aliphatic carbocycles. The van der Waals surface area contributed by atoms with E-state index in [-0.39, 0.29) is 4.47 Å². The molecule has 0 saturated heterocycles. The van der Waals surface area contributed by atoms with Gasteiger partial charge in [-0.05, 0) is 28.1 Å². The van der Waals surface area contributed by atoms with Crippen LogP contribution >= 0.6 is 15.9 Å². The Morgan fingerprint density at radius 3 is 2.62 bits per heavy atom. The first-order chi connectivity index (χ1) is 6.02. The molecule has 0 saturated carbocycles. The third-order valence-electron chi connectivity index (χ3n) is 1.28. The van der Waals surface area contributed by atoms with Gasteiger partial charge in [0.1, 0.15) is 0 Å². The first kappa shape index (κ1) is 9.91. The molecule has 13 heavy (non-hydrogen) atoms. The van der Waals surface area contributed by atoms with Crippen molar-refractivity contribution in [1.29, 1.82) is 0 Å². The third kappa shape index (κ3) is 2.15. The summed E-state index contributed by atoms with van der Waals surface area (Å²) in [6.45, 7) is 0. The van der Waals surface area contributed by atoms with Crippen molar-refractivity contribution in [2.24, 2.45) is 0 Å². The molecule has 0 atom stereocenters. The number of anilines is 1. The van der Waals surface area contributed by atoms with Gasteiger partial charge in [-0.2, -0.15) is 0 Å². The predicted molar refractivity (Wildman–Crippen MR) is 45.7 cm³/mol. The van der Waals surface area contributed by atoms with Crippen molar-refractivity contribution in [3.63, 3.8) is 0 Å². The SMILES string of the molecule is O=C(O)Nc1c(Br)ccc(F)c1F. The highest BCUT2D eigenvalue weighted by atomic mass is 79.9. The minimum absolute atomic E-state index is 0.147. The largest absolute Gasteiger partial charge is 0.465 e. The Hall–Kier alpha value is -1.17. The molecular formula is C7H4BrF2NO2. The highest BCUT2D eigenvalue weighted by Crippen LogP contribution is 2.27. The fraction of sp³-hybridized carbons (Fsp3) is 0. The van der Waals surface area contributed by atoms with E-state index in [9.17, 15) is 13.6 Å². The fourth-order valence-corrected chi connectivity index (χ4v) is 1.15. The van der Waals surface area contributed by atoms with Gasteiger partial charge in [0.2, 0.25) is 0 Å². The van der Waals surface area contributed by atoms with E-state index in [1.165, 1.54) is 6.07 Å². The number of hydrogen-bond acceptors (Lipinski definition) is 1. The van der Waals surface area contributed by atoms with Crippen molar-refractivity contribution in [3.8, 4) is 0 Å². The molecule has 70 valence electrons. The van der Waals surface area contributed by atoms with E-state index in [0.29, 0.717) is 0 Å². The van der Waals surface area contributed by atoms with Gasteiger partial charge in [-0.15, -0.1) is 0 Å². The van der Waals surface area contributed by atoms with Crippen LogP contribution in [0.1, 0.15) is 0 Å². The number of hydrogen-bond donors (Lipinski definition) is 2. The van der Waals surface area contributed by atoms with Crippen LogP contribution in [0, 0.1) is 11.6 Å². The lowest BCUT2D eigenvalue weighted by Crippen LogP contribution is -2.10. The Morgan fingerprint density at radius 1 is 1.46 bits per heavy atom. The van der Waals surface area contributed by atoms with E-state index in [1.807, 2.05) is 0 Å². The van der Waals surface area contributed by atoms with E-state index in [1.54, 1.807) is 5.32 Å². The van der Waals surface area contributed by atoms with Crippen LogP contribution in [0.4, 0.5) is 19.3 Å². The lowest BCUT2D eigenvalue weighted by Gasteiger charge is -2.05. The van der Waals surface area contributed by atoms with E-state index < -0.39 is 23.4 Å². The number of carbonyl (C=O) groups is 1. The summed E-state index contributed by atoms with van der Waals surface area (Å²) in [7, 11) is 0. The van der Waals surface area contributed by atoms with Crippen LogP contribution in [-0.2, 0) is 0 Å². The van der Waals surface area contributed by atoms with Gasteiger partial charge in [0.15, 0.2) is 11.6 Å². The molecule has 0 heterocycles. The molecule has 0 aliphatic rings. The lowest BCUT2D eigenvalue weighted by molar-refractivity contribution is 0.209. The van der Waals surface area contributed by atoms with Gasteiger partial charge in [0.25, 0.3) is 0 Å². The summed E-state index contributed by atoms with van der Waals surface area (Å²) < 4.78 is 25.6. The van der Waals surface area contributed by atoms with Crippen molar-refractivity contribution in [3.05, 3.63) is 28.2 Å². The summed E-state index contributed by atoms with van der Waals surface area (Å²) in [5.74, 6) is -2.33. The highest BCUT2D eigenvalue weighted by Gasteiger charge is 2.13. The molecule has 2 N–H and O–H groups in total. The molecular weight excluding hydrogens is 248 g/mol. The summed E-state index contributed by atoms with van der Waals surface area (Å²) >= 11 is 2.88. The standard InChI is InChI=1S/C7H4BrF2NO2/c8-3-1-2-4(9)5(10)6(3)11-7(12)13/h1-2,11H,(H,12,13). The number of benzene rings is 1. The number of amides is 1. The predicted octanol–water partition coefficient (Wildman–Crippen LogP) is 2.82. The smallest absolute Gasteiger partial charge is 0.409 e. The minimum Gasteiger partial charge on any atom is -0.465 e. The van der Waals surface area contributed by atoms with Gasteiger partial charge >= 0.3 is 6.09 Å². The number of nitrogens with one attached hydrogen (secondary N) is 1. The fourth-order valence-electron chi connectivity index (χ4n) is 0.749. The van der Waals surface area contributed by atoms with Gasteiger partial charge in [0, 0.05) is 4.47 Å².